The van der Waals surface area contributed by atoms with Crippen LogP contribution in [0, 0.1) is 11.8 Å². The third kappa shape index (κ3) is 4.60. The lowest BCUT2D eigenvalue weighted by Crippen LogP contribution is -2.51. The van der Waals surface area contributed by atoms with E-state index in [1.807, 2.05) is 44.2 Å². The van der Waals surface area contributed by atoms with E-state index in [4.69, 9.17) is 4.42 Å². The van der Waals surface area contributed by atoms with Gasteiger partial charge in [-0.1, -0.05) is 32.0 Å². The Kier molecular flexibility index (Phi) is 6.13. The van der Waals surface area contributed by atoms with Crippen LogP contribution in [0.3, 0.4) is 0 Å². The van der Waals surface area contributed by atoms with E-state index in [-0.39, 0.29) is 36.6 Å². The van der Waals surface area contributed by atoms with Gasteiger partial charge in [-0.3, -0.25) is 14.4 Å². The quantitative estimate of drug-likeness (QED) is 0.766. The second-order valence-corrected chi connectivity index (χ2v) is 7.27. The molecule has 1 aromatic carbocycles. The Morgan fingerprint density at radius 2 is 1.93 bits per heavy atom. The number of benzene rings is 1. The van der Waals surface area contributed by atoms with Gasteiger partial charge in [-0.05, 0) is 30.2 Å². The van der Waals surface area contributed by atoms with Gasteiger partial charge < -0.3 is 20.0 Å². The molecule has 7 nitrogen and oxygen atoms in total. The third-order valence-electron chi connectivity index (χ3n) is 4.83. The van der Waals surface area contributed by atoms with Crippen LogP contribution >= 0.6 is 0 Å². The first kappa shape index (κ1) is 19.7. The highest BCUT2D eigenvalue weighted by molar-refractivity contribution is 6.01. The maximum atomic E-state index is 12.7. The maximum absolute atomic E-state index is 12.7. The predicted octanol–water partition coefficient (Wildman–Crippen LogP) is 2.09. The Morgan fingerprint density at radius 1 is 1.18 bits per heavy atom. The van der Waals surface area contributed by atoms with Gasteiger partial charge in [0.25, 0.3) is 0 Å². The minimum Gasteiger partial charge on any atom is -0.467 e. The zero-order chi connectivity index (χ0) is 20.1. The fourth-order valence-electron chi connectivity index (χ4n) is 3.24. The normalized spacial score (nSPS) is 17.6. The van der Waals surface area contributed by atoms with Crippen molar-refractivity contribution in [1.82, 2.24) is 10.6 Å². The van der Waals surface area contributed by atoms with E-state index in [9.17, 15) is 14.4 Å². The lowest BCUT2D eigenvalue weighted by Gasteiger charge is -2.23. The van der Waals surface area contributed by atoms with Gasteiger partial charge in [0, 0.05) is 18.7 Å². The van der Waals surface area contributed by atoms with Gasteiger partial charge >= 0.3 is 0 Å². The maximum Gasteiger partial charge on any atom is 0.243 e. The summed E-state index contributed by atoms with van der Waals surface area (Å²) in [5.74, 6) is -0.575. The number of anilines is 1. The molecule has 1 aromatic heterocycles. The second kappa shape index (κ2) is 8.73. The summed E-state index contributed by atoms with van der Waals surface area (Å²) in [6, 6.07) is 12.1. The molecule has 1 aliphatic heterocycles. The average molecular weight is 383 g/mol. The first-order valence-electron chi connectivity index (χ1n) is 9.41. The topological polar surface area (TPSA) is 91.7 Å². The van der Waals surface area contributed by atoms with Crippen molar-refractivity contribution in [2.45, 2.75) is 32.9 Å². The van der Waals surface area contributed by atoms with Crippen LogP contribution < -0.4 is 15.5 Å². The Labute approximate surface area is 164 Å². The Hall–Kier alpha value is -3.09. The smallest absolute Gasteiger partial charge is 0.243 e. The molecule has 2 heterocycles. The molecule has 7 heteroatoms. The molecule has 0 bridgehead atoms. The average Bonchev–Trinajstić information content (AvgIpc) is 3.34. The molecular formula is C21H25N3O4. The number of carbonyl (C=O) groups excluding carboxylic acids is 3. The molecule has 3 amide bonds. The molecule has 0 aliphatic carbocycles. The van der Waals surface area contributed by atoms with E-state index in [0.717, 1.165) is 5.69 Å². The number of rotatable bonds is 7. The minimum absolute atomic E-state index is 0.0882. The lowest BCUT2D eigenvalue weighted by molar-refractivity contribution is -0.132. The van der Waals surface area contributed by atoms with E-state index >= 15 is 0 Å². The predicted molar refractivity (Wildman–Crippen MR) is 104 cm³/mol. The minimum atomic E-state index is -0.677. The summed E-state index contributed by atoms with van der Waals surface area (Å²) >= 11 is 0. The summed E-state index contributed by atoms with van der Waals surface area (Å²) in [7, 11) is 0. The highest BCUT2D eigenvalue weighted by Crippen LogP contribution is 2.25. The van der Waals surface area contributed by atoms with Gasteiger partial charge in [0.1, 0.15) is 11.8 Å². The summed E-state index contributed by atoms with van der Waals surface area (Å²) in [6.45, 7) is 4.31. The number of amides is 3. The number of carbonyl (C=O) groups is 3. The first-order valence-corrected chi connectivity index (χ1v) is 9.41. The van der Waals surface area contributed by atoms with E-state index in [0.29, 0.717) is 12.3 Å². The molecule has 1 saturated heterocycles. The summed E-state index contributed by atoms with van der Waals surface area (Å²) in [4.78, 5) is 39.2. The number of nitrogens with one attached hydrogen (secondary N) is 2. The number of hydrogen-bond donors (Lipinski definition) is 2. The second-order valence-electron chi connectivity index (χ2n) is 7.27. The molecule has 0 unspecified atom stereocenters. The van der Waals surface area contributed by atoms with Crippen molar-refractivity contribution >= 4 is 23.4 Å². The van der Waals surface area contributed by atoms with E-state index < -0.39 is 12.0 Å². The van der Waals surface area contributed by atoms with Crippen LogP contribution in [0.15, 0.2) is 53.1 Å². The molecule has 148 valence electrons. The standard InChI is InChI=1S/C21H25N3O4/c1-14(2)19(21(27)22-12-17-9-6-10-28-17)23-20(26)15-11-18(25)24(13-15)16-7-4-3-5-8-16/h3-10,14-15,19H,11-13H2,1-2H3,(H,22,27)(H,23,26)/t15-,19+/m1/s1. The van der Waals surface area contributed by atoms with Gasteiger partial charge in [-0.15, -0.1) is 0 Å². The molecule has 0 radical (unpaired) electrons. The lowest BCUT2D eigenvalue weighted by atomic mass is 10.0. The highest BCUT2D eigenvalue weighted by atomic mass is 16.3. The largest absolute Gasteiger partial charge is 0.467 e. The van der Waals surface area contributed by atoms with Crippen molar-refractivity contribution in [1.29, 1.82) is 0 Å². The number of nitrogens with zero attached hydrogens (tertiary/aromatic N) is 1. The van der Waals surface area contributed by atoms with E-state index in [1.165, 1.54) is 0 Å². The molecule has 2 atom stereocenters. The number of para-hydroxylation sites is 1. The molecule has 2 aromatic rings. The van der Waals surface area contributed by atoms with Gasteiger partial charge in [0.05, 0.1) is 18.7 Å². The van der Waals surface area contributed by atoms with Crippen LogP contribution in [-0.2, 0) is 20.9 Å². The van der Waals surface area contributed by atoms with Gasteiger partial charge in [-0.2, -0.15) is 0 Å². The van der Waals surface area contributed by atoms with Crippen LogP contribution in [0.4, 0.5) is 5.69 Å². The van der Waals surface area contributed by atoms with Crippen LogP contribution in [0.2, 0.25) is 0 Å². The highest BCUT2D eigenvalue weighted by Gasteiger charge is 2.37. The fraction of sp³-hybridized carbons (Fsp3) is 0.381. The molecule has 0 saturated carbocycles. The van der Waals surface area contributed by atoms with Gasteiger partial charge in [-0.25, -0.2) is 0 Å². The Balaban J connectivity index is 1.59. The van der Waals surface area contributed by atoms with Crippen molar-refractivity contribution in [2.24, 2.45) is 11.8 Å². The fourth-order valence-corrected chi connectivity index (χ4v) is 3.24. The Morgan fingerprint density at radius 3 is 2.57 bits per heavy atom. The summed E-state index contributed by atoms with van der Waals surface area (Å²) in [5, 5.41) is 5.60. The van der Waals surface area contributed by atoms with E-state index in [2.05, 4.69) is 10.6 Å². The van der Waals surface area contributed by atoms with Crippen LogP contribution in [0.1, 0.15) is 26.0 Å². The van der Waals surface area contributed by atoms with Crippen molar-refractivity contribution in [3.63, 3.8) is 0 Å². The van der Waals surface area contributed by atoms with Crippen LogP contribution in [0.25, 0.3) is 0 Å². The summed E-state index contributed by atoms with van der Waals surface area (Å²) in [5.41, 5.74) is 0.777. The molecule has 1 aliphatic rings. The van der Waals surface area contributed by atoms with Crippen molar-refractivity contribution in [3.05, 3.63) is 54.5 Å². The SMILES string of the molecule is CC(C)[C@H](NC(=O)[C@@H]1CC(=O)N(c2ccccc2)C1)C(=O)NCc1ccco1. The number of furan rings is 1. The molecule has 28 heavy (non-hydrogen) atoms. The zero-order valence-corrected chi connectivity index (χ0v) is 16.1. The monoisotopic (exact) mass is 383 g/mol. The molecule has 3 rings (SSSR count). The summed E-state index contributed by atoms with van der Waals surface area (Å²) in [6.07, 6.45) is 1.68. The zero-order valence-electron chi connectivity index (χ0n) is 16.1. The molecule has 2 N–H and O–H groups in total. The molecule has 1 fully saturated rings. The van der Waals surface area contributed by atoms with Gasteiger partial charge in [0.15, 0.2) is 0 Å². The van der Waals surface area contributed by atoms with Crippen molar-refractivity contribution in [3.8, 4) is 0 Å². The van der Waals surface area contributed by atoms with Crippen LogP contribution in [0.5, 0.6) is 0 Å². The van der Waals surface area contributed by atoms with Crippen LogP contribution in [-0.4, -0.2) is 30.3 Å². The van der Waals surface area contributed by atoms with E-state index in [1.54, 1.807) is 23.3 Å². The molecule has 0 spiro atoms. The van der Waals surface area contributed by atoms with Gasteiger partial charge in [0.2, 0.25) is 17.7 Å². The third-order valence-corrected chi connectivity index (χ3v) is 4.83. The molecular weight excluding hydrogens is 358 g/mol. The van der Waals surface area contributed by atoms with Crippen molar-refractivity contribution < 1.29 is 18.8 Å². The Bertz CT molecular complexity index is 817. The number of hydrogen-bond acceptors (Lipinski definition) is 4. The first-order chi connectivity index (χ1) is 13.5. The summed E-state index contributed by atoms with van der Waals surface area (Å²) < 4.78 is 5.21. The van der Waals surface area contributed by atoms with Crippen molar-refractivity contribution in [2.75, 3.05) is 11.4 Å².